The van der Waals surface area contributed by atoms with Crippen molar-refractivity contribution in [1.82, 2.24) is 4.90 Å². The Morgan fingerprint density at radius 2 is 1.89 bits per heavy atom. The molecule has 2 atom stereocenters. The lowest BCUT2D eigenvalue weighted by Crippen LogP contribution is -2.43. The lowest BCUT2D eigenvalue weighted by molar-refractivity contribution is -0.128. The summed E-state index contributed by atoms with van der Waals surface area (Å²) in [4.78, 5) is 26.1. The van der Waals surface area contributed by atoms with Crippen LogP contribution >= 0.6 is 7.52 Å². The molecule has 198 valence electrons. The standard InChI is InChI=1S/C24H35N4O6PS/c1-24(2,3)12-13-28-20(15-8-6-5-7-9-15)21(29)19(23(28)30)22-25-17-11-10-16(27-36(4,33)34)14-18(17)35(31,32)26-22/h10-11,14-15,20,27,29H,5-9,12-13H2,1-4H3,(H2,25,26,31,32). The Labute approximate surface area is 212 Å². The van der Waals surface area contributed by atoms with Crippen molar-refractivity contribution in [2.75, 3.05) is 22.8 Å². The van der Waals surface area contributed by atoms with Crippen molar-refractivity contribution in [2.45, 2.75) is 65.3 Å². The van der Waals surface area contributed by atoms with E-state index in [1.807, 2.05) is 0 Å². The van der Waals surface area contributed by atoms with Crippen LogP contribution in [0.5, 0.6) is 0 Å². The number of hydrogen-bond acceptors (Lipinski definition) is 6. The van der Waals surface area contributed by atoms with Gasteiger partial charge in [-0.25, -0.2) is 8.42 Å². The minimum atomic E-state index is -4.37. The second kappa shape index (κ2) is 9.50. The molecule has 1 amide bonds. The van der Waals surface area contributed by atoms with Crippen molar-refractivity contribution >= 4 is 46.0 Å². The summed E-state index contributed by atoms with van der Waals surface area (Å²) >= 11 is 0. The predicted octanol–water partition coefficient (Wildman–Crippen LogP) is 3.73. The molecule has 0 radical (unpaired) electrons. The van der Waals surface area contributed by atoms with Gasteiger partial charge in [0.05, 0.1) is 23.3 Å². The van der Waals surface area contributed by atoms with Crippen molar-refractivity contribution < 1.29 is 27.8 Å². The number of sulfonamides is 1. The maximum Gasteiger partial charge on any atom is 0.346 e. The number of nitrogens with one attached hydrogen (secondary N) is 2. The largest absolute Gasteiger partial charge is 0.509 e. The molecule has 2 unspecified atom stereocenters. The Balaban J connectivity index is 1.71. The van der Waals surface area contributed by atoms with Gasteiger partial charge in [-0.2, -0.15) is 4.76 Å². The van der Waals surface area contributed by atoms with Gasteiger partial charge in [0, 0.05) is 12.2 Å². The Hall–Kier alpha value is -2.36. The van der Waals surface area contributed by atoms with Crippen molar-refractivity contribution in [3.05, 3.63) is 29.5 Å². The van der Waals surface area contributed by atoms with Crippen LogP contribution in [0.2, 0.25) is 0 Å². The minimum Gasteiger partial charge on any atom is -0.509 e. The zero-order valence-electron chi connectivity index (χ0n) is 21.1. The number of fused-ring (bicyclic) bond motifs is 1. The van der Waals surface area contributed by atoms with Gasteiger partial charge in [0.25, 0.3) is 5.91 Å². The summed E-state index contributed by atoms with van der Waals surface area (Å²) in [6.45, 7) is 6.74. The highest BCUT2D eigenvalue weighted by Gasteiger charge is 2.47. The topological polar surface area (TPSA) is 148 Å². The second-order valence-electron chi connectivity index (χ2n) is 11.1. The minimum absolute atomic E-state index is 0.0200. The Morgan fingerprint density at radius 3 is 2.50 bits per heavy atom. The van der Waals surface area contributed by atoms with Crippen LogP contribution in [-0.4, -0.2) is 53.9 Å². The summed E-state index contributed by atoms with van der Waals surface area (Å²) < 4.78 is 42.6. The van der Waals surface area contributed by atoms with E-state index in [0.717, 1.165) is 44.8 Å². The number of rotatable bonds is 6. The van der Waals surface area contributed by atoms with E-state index in [1.165, 1.54) is 18.2 Å². The van der Waals surface area contributed by atoms with E-state index >= 15 is 0 Å². The first-order chi connectivity index (χ1) is 16.7. The molecule has 4 N–H and O–H groups in total. The van der Waals surface area contributed by atoms with Gasteiger partial charge in [0.15, 0.2) is 5.84 Å². The number of benzene rings is 1. The molecule has 1 aromatic carbocycles. The van der Waals surface area contributed by atoms with E-state index < -0.39 is 29.5 Å². The van der Waals surface area contributed by atoms with E-state index in [1.54, 1.807) is 4.90 Å². The molecule has 1 fully saturated rings. The van der Waals surface area contributed by atoms with Gasteiger partial charge < -0.3 is 20.2 Å². The number of aliphatic hydroxyl groups is 1. The molecule has 1 aromatic rings. The first-order valence-corrected chi connectivity index (χ1v) is 15.7. The lowest BCUT2D eigenvalue weighted by atomic mass is 9.82. The number of hydrogen-bond donors (Lipinski definition) is 4. The quantitative estimate of drug-likeness (QED) is 0.403. The fourth-order valence-corrected chi connectivity index (χ4v) is 6.97. The van der Waals surface area contributed by atoms with E-state index in [0.29, 0.717) is 6.54 Å². The molecule has 10 nitrogen and oxygen atoms in total. The molecule has 0 spiro atoms. The van der Waals surface area contributed by atoms with Gasteiger partial charge in [0.2, 0.25) is 10.0 Å². The zero-order valence-corrected chi connectivity index (χ0v) is 22.8. The van der Waals surface area contributed by atoms with Gasteiger partial charge in [-0.3, -0.25) is 14.1 Å². The SMILES string of the molecule is CC(C)(C)CCN1C(=O)C(C2=NP(=O)(O)c3cc(NS(C)(=O)=O)ccc3N2)=C(O)C1C1CCCCC1. The first-order valence-electron chi connectivity index (χ1n) is 12.2. The number of carbonyl (C=O) groups excluding carboxylic acids is 1. The average Bonchev–Trinajstić information content (AvgIpc) is 3.00. The summed E-state index contributed by atoms with van der Waals surface area (Å²) in [5.41, 5.74) is 0.252. The van der Waals surface area contributed by atoms with E-state index in [4.69, 9.17) is 0 Å². The predicted molar refractivity (Wildman–Crippen MR) is 141 cm³/mol. The molecule has 1 aliphatic carbocycles. The molecular formula is C24H35N4O6PS. The van der Waals surface area contributed by atoms with Crippen LogP contribution in [0.25, 0.3) is 0 Å². The third-order valence-electron chi connectivity index (χ3n) is 6.89. The summed E-state index contributed by atoms with van der Waals surface area (Å²) in [6, 6.07) is 3.66. The zero-order chi connectivity index (χ0) is 26.5. The molecule has 1 saturated carbocycles. The molecule has 2 aliphatic heterocycles. The summed E-state index contributed by atoms with van der Waals surface area (Å²) in [5.74, 6) is -0.538. The monoisotopic (exact) mass is 538 g/mol. The van der Waals surface area contributed by atoms with E-state index in [2.05, 4.69) is 35.6 Å². The van der Waals surface area contributed by atoms with Crippen LogP contribution < -0.4 is 15.3 Å². The second-order valence-corrected chi connectivity index (χ2v) is 14.7. The number of nitrogens with zero attached hydrogens (tertiary/aromatic N) is 2. The van der Waals surface area contributed by atoms with E-state index in [-0.39, 0.29) is 45.2 Å². The number of amides is 1. The molecule has 4 rings (SSSR count). The van der Waals surface area contributed by atoms with Crippen LogP contribution in [-0.2, 0) is 19.4 Å². The average molecular weight is 539 g/mol. The van der Waals surface area contributed by atoms with Gasteiger partial charge >= 0.3 is 7.52 Å². The van der Waals surface area contributed by atoms with Crippen LogP contribution in [0.15, 0.2) is 34.3 Å². The highest BCUT2D eigenvalue weighted by molar-refractivity contribution is 7.92. The Kier molecular flexibility index (Phi) is 7.05. The Morgan fingerprint density at radius 1 is 1.22 bits per heavy atom. The van der Waals surface area contributed by atoms with Crippen LogP contribution in [0.1, 0.15) is 59.3 Å². The number of carbonyl (C=O) groups is 1. The molecule has 3 aliphatic rings. The van der Waals surface area contributed by atoms with Crippen molar-refractivity contribution in [1.29, 1.82) is 0 Å². The van der Waals surface area contributed by atoms with Crippen molar-refractivity contribution in [3.8, 4) is 0 Å². The number of amidine groups is 1. The molecular weight excluding hydrogens is 503 g/mol. The summed E-state index contributed by atoms with van der Waals surface area (Å²) in [5, 5.41) is 14.2. The van der Waals surface area contributed by atoms with Crippen molar-refractivity contribution in [3.63, 3.8) is 0 Å². The number of anilines is 2. The highest BCUT2D eigenvalue weighted by atomic mass is 32.2. The summed E-state index contributed by atoms with van der Waals surface area (Å²) in [7, 11) is -7.96. The molecule has 0 saturated heterocycles. The molecule has 12 heteroatoms. The highest BCUT2D eigenvalue weighted by Crippen LogP contribution is 2.48. The van der Waals surface area contributed by atoms with Crippen LogP contribution in [0, 0.1) is 11.3 Å². The van der Waals surface area contributed by atoms with Gasteiger partial charge in [-0.1, -0.05) is 40.0 Å². The van der Waals surface area contributed by atoms with Crippen molar-refractivity contribution in [2.24, 2.45) is 16.1 Å². The van der Waals surface area contributed by atoms with Gasteiger partial charge in [0.1, 0.15) is 11.3 Å². The molecule has 2 heterocycles. The Bertz CT molecular complexity index is 1280. The molecule has 36 heavy (non-hydrogen) atoms. The smallest absolute Gasteiger partial charge is 0.346 e. The normalized spacial score (nSPS) is 25.5. The third-order valence-corrected chi connectivity index (χ3v) is 8.96. The third kappa shape index (κ3) is 5.63. The molecule has 0 bridgehead atoms. The molecule has 0 aromatic heterocycles. The fourth-order valence-electron chi connectivity index (χ4n) is 5.13. The van der Waals surface area contributed by atoms with Crippen LogP contribution in [0.3, 0.4) is 0 Å². The first kappa shape index (κ1) is 26.7. The fraction of sp³-hybridized carbons (Fsp3) is 0.583. The lowest BCUT2D eigenvalue weighted by Gasteiger charge is -2.35. The van der Waals surface area contributed by atoms with Crippen LogP contribution in [0.4, 0.5) is 11.4 Å². The maximum atomic E-state index is 13.7. The maximum absolute atomic E-state index is 13.7. The van der Waals surface area contributed by atoms with Gasteiger partial charge in [-0.05, 0) is 48.8 Å². The van der Waals surface area contributed by atoms with Gasteiger partial charge in [-0.15, -0.1) is 0 Å². The number of aliphatic hydroxyl groups excluding tert-OH is 1. The summed E-state index contributed by atoms with van der Waals surface area (Å²) in [6.07, 6.45) is 6.72. The van der Waals surface area contributed by atoms with E-state index in [9.17, 15) is 27.8 Å².